The number of hydrogen-bond acceptors (Lipinski definition) is 2. The monoisotopic (exact) mass is 144 g/mol. The van der Waals surface area contributed by atoms with E-state index in [2.05, 4.69) is 5.32 Å². The summed E-state index contributed by atoms with van der Waals surface area (Å²) in [5.74, 6) is 0.00861. The molecule has 10 heavy (non-hydrogen) atoms. The predicted molar refractivity (Wildman–Crippen MR) is 41.5 cm³/mol. The van der Waals surface area contributed by atoms with Crippen molar-refractivity contribution in [2.24, 2.45) is 11.7 Å². The Morgan fingerprint density at radius 2 is 2.10 bits per heavy atom. The number of primary amides is 1. The molecule has 0 aliphatic carbocycles. The smallest absolute Gasteiger partial charge is 0.234 e. The fraction of sp³-hybridized carbons (Fsp3) is 0.857. The van der Waals surface area contributed by atoms with Crippen LogP contribution in [0.4, 0.5) is 0 Å². The van der Waals surface area contributed by atoms with E-state index in [-0.39, 0.29) is 17.9 Å². The second kappa shape index (κ2) is 4.28. The quantitative estimate of drug-likeness (QED) is 0.588. The van der Waals surface area contributed by atoms with E-state index >= 15 is 0 Å². The molecule has 60 valence electrons. The molecular weight excluding hydrogens is 128 g/mol. The minimum absolute atomic E-state index is 0.176. The Hall–Kier alpha value is -0.570. The lowest BCUT2D eigenvalue weighted by Gasteiger charge is -2.17. The van der Waals surface area contributed by atoms with Gasteiger partial charge in [0.1, 0.15) is 0 Å². The van der Waals surface area contributed by atoms with Crippen LogP contribution in [0.1, 0.15) is 20.8 Å². The van der Waals surface area contributed by atoms with Gasteiger partial charge in [0.15, 0.2) is 0 Å². The number of rotatable bonds is 4. The summed E-state index contributed by atoms with van der Waals surface area (Å²) < 4.78 is 0. The summed E-state index contributed by atoms with van der Waals surface area (Å²) in [5, 5.41) is 3.01. The van der Waals surface area contributed by atoms with Gasteiger partial charge < -0.3 is 11.1 Å². The fourth-order valence-corrected chi connectivity index (χ4v) is 0.885. The van der Waals surface area contributed by atoms with Crippen LogP contribution < -0.4 is 11.1 Å². The van der Waals surface area contributed by atoms with Crippen LogP contribution in [0.5, 0.6) is 0 Å². The Balaban J connectivity index is 3.85. The maximum atomic E-state index is 10.7. The van der Waals surface area contributed by atoms with Gasteiger partial charge in [0.05, 0.1) is 6.04 Å². The molecule has 0 aliphatic rings. The van der Waals surface area contributed by atoms with Crippen LogP contribution in [0, 0.1) is 5.92 Å². The van der Waals surface area contributed by atoms with Gasteiger partial charge in [-0.2, -0.15) is 0 Å². The highest BCUT2D eigenvalue weighted by Gasteiger charge is 2.16. The Labute approximate surface area is 62.0 Å². The Bertz CT molecular complexity index is 112. The molecule has 1 unspecified atom stereocenters. The summed E-state index contributed by atoms with van der Waals surface area (Å²) in [6, 6.07) is -0.176. The minimum Gasteiger partial charge on any atom is -0.368 e. The minimum atomic E-state index is -0.267. The second-order valence-corrected chi connectivity index (χ2v) is 2.68. The molecule has 3 heteroatoms. The SMILES string of the molecule is CCNC(C(N)=O)C(C)C. The van der Waals surface area contributed by atoms with Gasteiger partial charge in [-0.15, -0.1) is 0 Å². The van der Waals surface area contributed by atoms with Crippen molar-refractivity contribution >= 4 is 5.91 Å². The molecule has 0 aromatic carbocycles. The second-order valence-electron chi connectivity index (χ2n) is 2.68. The Morgan fingerprint density at radius 3 is 2.20 bits per heavy atom. The van der Waals surface area contributed by atoms with Gasteiger partial charge >= 0.3 is 0 Å². The average molecular weight is 144 g/mol. The molecule has 1 amide bonds. The third-order valence-corrected chi connectivity index (χ3v) is 1.40. The van der Waals surface area contributed by atoms with Crippen molar-refractivity contribution in [1.29, 1.82) is 0 Å². The van der Waals surface area contributed by atoms with Crippen molar-refractivity contribution in [3.05, 3.63) is 0 Å². The summed E-state index contributed by atoms with van der Waals surface area (Å²) in [6.45, 7) is 6.68. The lowest BCUT2D eigenvalue weighted by Crippen LogP contribution is -2.44. The molecule has 3 nitrogen and oxygen atoms in total. The molecule has 0 bridgehead atoms. The normalized spacial score (nSPS) is 13.6. The van der Waals surface area contributed by atoms with Gasteiger partial charge in [-0.3, -0.25) is 4.79 Å². The first kappa shape index (κ1) is 9.43. The van der Waals surface area contributed by atoms with Gasteiger partial charge in [0, 0.05) is 0 Å². The van der Waals surface area contributed by atoms with E-state index in [4.69, 9.17) is 5.73 Å². The van der Waals surface area contributed by atoms with Crippen molar-refractivity contribution in [1.82, 2.24) is 5.32 Å². The van der Waals surface area contributed by atoms with E-state index in [0.29, 0.717) is 0 Å². The number of likely N-dealkylation sites (N-methyl/N-ethyl adjacent to an activating group) is 1. The highest BCUT2D eigenvalue weighted by Crippen LogP contribution is 1.99. The largest absolute Gasteiger partial charge is 0.368 e. The molecule has 1 atom stereocenters. The van der Waals surface area contributed by atoms with E-state index < -0.39 is 0 Å². The topological polar surface area (TPSA) is 55.1 Å². The molecule has 0 aliphatic heterocycles. The van der Waals surface area contributed by atoms with E-state index in [1.165, 1.54) is 0 Å². The number of nitrogens with two attached hydrogens (primary N) is 1. The van der Waals surface area contributed by atoms with Crippen molar-refractivity contribution in [3.63, 3.8) is 0 Å². The molecule has 0 saturated heterocycles. The maximum absolute atomic E-state index is 10.7. The third-order valence-electron chi connectivity index (χ3n) is 1.40. The summed E-state index contributed by atoms with van der Waals surface area (Å²) in [4.78, 5) is 10.7. The van der Waals surface area contributed by atoms with Crippen molar-refractivity contribution < 1.29 is 4.79 Å². The van der Waals surface area contributed by atoms with E-state index in [1.54, 1.807) is 0 Å². The summed E-state index contributed by atoms with van der Waals surface area (Å²) >= 11 is 0. The molecular formula is C7H16N2O. The first-order valence-corrected chi connectivity index (χ1v) is 3.62. The molecule has 0 radical (unpaired) electrons. The first-order chi connectivity index (χ1) is 4.59. The molecule has 0 saturated carbocycles. The van der Waals surface area contributed by atoms with Crippen LogP contribution in [0.15, 0.2) is 0 Å². The van der Waals surface area contributed by atoms with Crippen LogP contribution in [-0.2, 0) is 4.79 Å². The van der Waals surface area contributed by atoms with Gasteiger partial charge in [-0.25, -0.2) is 0 Å². The molecule has 0 rings (SSSR count). The van der Waals surface area contributed by atoms with Crippen molar-refractivity contribution in [2.45, 2.75) is 26.8 Å². The van der Waals surface area contributed by atoms with Gasteiger partial charge in [-0.05, 0) is 12.5 Å². The number of carbonyl (C=O) groups is 1. The van der Waals surface area contributed by atoms with Crippen LogP contribution in [0.3, 0.4) is 0 Å². The summed E-state index contributed by atoms with van der Waals surface area (Å²) in [7, 11) is 0. The lowest BCUT2D eigenvalue weighted by atomic mass is 10.0. The van der Waals surface area contributed by atoms with Crippen LogP contribution in [0.2, 0.25) is 0 Å². The molecule has 0 aromatic heterocycles. The van der Waals surface area contributed by atoms with Gasteiger partial charge in [0.2, 0.25) is 5.91 Å². The van der Waals surface area contributed by atoms with Crippen LogP contribution in [-0.4, -0.2) is 18.5 Å². The molecule has 0 fully saturated rings. The summed E-state index contributed by atoms with van der Waals surface area (Å²) in [5.41, 5.74) is 5.12. The Kier molecular flexibility index (Phi) is 4.03. The average Bonchev–Trinajstić information content (AvgIpc) is 1.81. The van der Waals surface area contributed by atoms with E-state index in [9.17, 15) is 4.79 Å². The predicted octanol–water partition coefficient (Wildman–Crippen LogP) is 0.106. The first-order valence-electron chi connectivity index (χ1n) is 3.62. The molecule has 0 aromatic rings. The van der Waals surface area contributed by atoms with E-state index in [0.717, 1.165) is 6.54 Å². The van der Waals surface area contributed by atoms with Crippen molar-refractivity contribution in [3.8, 4) is 0 Å². The zero-order chi connectivity index (χ0) is 8.15. The molecule has 0 heterocycles. The fourth-order valence-electron chi connectivity index (χ4n) is 0.885. The van der Waals surface area contributed by atoms with Crippen LogP contribution in [0.25, 0.3) is 0 Å². The highest BCUT2D eigenvalue weighted by atomic mass is 16.1. The van der Waals surface area contributed by atoms with Crippen LogP contribution >= 0.6 is 0 Å². The lowest BCUT2D eigenvalue weighted by molar-refractivity contribution is -0.120. The zero-order valence-electron chi connectivity index (χ0n) is 6.85. The van der Waals surface area contributed by atoms with Gasteiger partial charge in [0.25, 0.3) is 0 Å². The maximum Gasteiger partial charge on any atom is 0.234 e. The molecule has 0 spiro atoms. The number of hydrogen-bond donors (Lipinski definition) is 2. The van der Waals surface area contributed by atoms with Gasteiger partial charge in [-0.1, -0.05) is 20.8 Å². The zero-order valence-corrected chi connectivity index (χ0v) is 6.85. The number of carbonyl (C=O) groups excluding carboxylic acids is 1. The van der Waals surface area contributed by atoms with E-state index in [1.807, 2.05) is 20.8 Å². The molecule has 3 N–H and O–H groups in total. The third kappa shape index (κ3) is 2.82. The van der Waals surface area contributed by atoms with Crippen molar-refractivity contribution in [2.75, 3.05) is 6.54 Å². The standard InChI is InChI=1S/C7H16N2O/c1-4-9-6(5(2)3)7(8)10/h5-6,9H,4H2,1-3H3,(H2,8,10). The number of amides is 1. The Morgan fingerprint density at radius 1 is 1.60 bits per heavy atom. The highest BCUT2D eigenvalue weighted by molar-refractivity contribution is 5.80. The summed E-state index contributed by atoms with van der Waals surface area (Å²) in [6.07, 6.45) is 0. The number of nitrogens with one attached hydrogen (secondary N) is 1.